The molecule has 2 aromatic heterocycles. The molecule has 0 fully saturated rings. The molecule has 0 spiro atoms. The number of nitrogens with zero attached hydrogens (tertiary/aromatic N) is 1. The average molecular weight is 373 g/mol. The van der Waals surface area contributed by atoms with E-state index in [1.807, 2.05) is 30.5 Å². The minimum absolute atomic E-state index is 0.347. The molecular formula is C18H23N5O4. The van der Waals surface area contributed by atoms with E-state index in [-0.39, 0.29) is 0 Å². The van der Waals surface area contributed by atoms with Gasteiger partial charge < -0.3 is 31.2 Å². The topological polar surface area (TPSA) is 157 Å². The third-order valence-electron chi connectivity index (χ3n) is 4.05. The number of hydrogen-bond donors (Lipinski definition) is 6. The average Bonchev–Trinajstić information content (AvgIpc) is 3.30. The van der Waals surface area contributed by atoms with E-state index in [1.54, 1.807) is 13.2 Å². The molecule has 0 saturated carbocycles. The molecule has 0 aliphatic rings. The summed E-state index contributed by atoms with van der Waals surface area (Å²) < 4.78 is 0. The summed E-state index contributed by atoms with van der Waals surface area (Å²) in [7, 11) is 1.62. The fourth-order valence-electron chi connectivity index (χ4n) is 2.55. The maximum Gasteiger partial charge on any atom is 0.321 e. The molecule has 3 rings (SSSR count). The number of nitrogens with one attached hydrogen (secondary N) is 3. The summed E-state index contributed by atoms with van der Waals surface area (Å²) in [5.41, 5.74) is 8.18. The zero-order chi connectivity index (χ0) is 19.8. The smallest absolute Gasteiger partial charge is 0.321 e. The van der Waals surface area contributed by atoms with Crippen LogP contribution in [0.4, 0.5) is 0 Å². The number of aromatic nitrogens is 3. The lowest BCUT2D eigenvalue weighted by Crippen LogP contribution is -2.35. The number of aromatic amines is 2. The molecular weight excluding hydrogens is 350 g/mol. The third-order valence-corrected chi connectivity index (χ3v) is 4.05. The third kappa shape index (κ3) is 5.66. The van der Waals surface area contributed by atoms with Gasteiger partial charge in [0.2, 0.25) is 0 Å². The Labute approximate surface area is 155 Å². The quantitative estimate of drug-likeness (QED) is 0.356. The maximum absolute atomic E-state index is 10.6. The molecule has 9 heteroatoms. The van der Waals surface area contributed by atoms with Gasteiger partial charge >= 0.3 is 11.9 Å². The number of nitrogens with two attached hydrogens (primary N) is 1. The molecule has 1 aromatic carbocycles. The lowest BCUT2D eigenvalue weighted by Gasteiger charge is -2.07. The number of fused-ring (bicyclic) bond motifs is 1. The van der Waals surface area contributed by atoms with Gasteiger partial charge in [0.05, 0.1) is 12.0 Å². The summed E-state index contributed by atoms with van der Waals surface area (Å²) in [6, 6.07) is 6.35. The molecule has 0 saturated heterocycles. The van der Waals surface area contributed by atoms with Gasteiger partial charge in [0.25, 0.3) is 0 Å². The van der Waals surface area contributed by atoms with E-state index < -0.39 is 24.0 Å². The van der Waals surface area contributed by atoms with Crippen molar-refractivity contribution in [2.75, 3.05) is 7.05 Å². The minimum Gasteiger partial charge on any atom is -0.480 e. The van der Waals surface area contributed by atoms with Crippen molar-refractivity contribution < 1.29 is 19.8 Å². The van der Waals surface area contributed by atoms with Gasteiger partial charge in [0, 0.05) is 36.1 Å². The Bertz CT molecular complexity index is 875. The van der Waals surface area contributed by atoms with E-state index in [1.165, 1.54) is 6.33 Å². The molecule has 2 atom stereocenters. The molecule has 0 bridgehead atoms. The zero-order valence-corrected chi connectivity index (χ0v) is 14.8. The minimum atomic E-state index is -0.972. The van der Waals surface area contributed by atoms with Crippen LogP contribution in [0.2, 0.25) is 0 Å². The second kappa shape index (κ2) is 9.51. The molecule has 144 valence electrons. The van der Waals surface area contributed by atoms with Crippen molar-refractivity contribution in [2.24, 2.45) is 5.73 Å². The van der Waals surface area contributed by atoms with Gasteiger partial charge in [-0.05, 0) is 18.7 Å². The largest absolute Gasteiger partial charge is 0.480 e. The summed E-state index contributed by atoms with van der Waals surface area (Å²) in [5, 5.41) is 21.1. The summed E-state index contributed by atoms with van der Waals surface area (Å²) in [6.07, 6.45) is 5.78. The Balaban J connectivity index is 0.000000199. The predicted octanol–water partition coefficient (Wildman–Crippen LogP) is 0.747. The van der Waals surface area contributed by atoms with Crippen LogP contribution in [-0.2, 0) is 22.4 Å². The Morgan fingerprint density at radius 2 is 1.93 bits per heavy atom. The molecule has 9 nitrogen and oxygen atoms in total. The highest BCUT2D eigenvalue weighted by Gasteiger charge is 2.16. The first-order valence-electron chi connectivity index (χ1n) is 8.33. The summed E-state index contributed by atoms with van der Waals surface area (Å²) in [5.74, 6) is -1.83. The first-order chi connectivity index (χ1) is 12.9. The molecule has 2 heterocycles. The fourth-order valence-corrected chi connectivity index (χ4v) is 2.55. The van der Waals surface area contributed by atoms with Crippen LogP contribution in [0.15, 0.2) is 43.0 Å². The van der Waals surface area contributed by atoms with Gasteiger partial charge in [-0.1, -0.05) is 18.2 Å². The SMILES string of the molecule is CNC(Cc1c[nH]cn1)C(=O)O.NC(Cc1c[nH]c2ccccc12)C(=O)O. The van der Waals surface area contributed by atoms with Gasteiger partial charge in [-0.2, -0.15) is 0 Å². The van der Waals surface area contributed by atoms with E-state index in [2.05, 4.69) is 20.3 Å². The fraction of sp³-hybridized carbons (Fsp3) is 0.278. The van der Waals surface area contributed by atoms with Crippen LogP contribution in [-0.4, -0.2) is 56.2 Å². The summed E-state index contributed by atoms with van der Waals surface area (Å²) in [4.78, 5) is 31.0. The van der Waals surface area contributed by atoms with Crippen molar-refractivity contribution in [3.05, 3.63) is 54.2 Å². The molecule has 27 heavy (non-hydrogen) atoms. The van der Waals surface area contributed by atoms with Gasteiger partial charge in [0.1, 0.15) is 12.1 Å². The van der Waals surface area contributed by atoms with Gasteiger partial charge in [-0.15, -0.1) is 0 Å². The van der Waals surface area contributed by atoms with Gasteiger partial charge in [0.15, 0.2) is 0 Å². The van der Waals surface area contributed by atoms with E-state index in [9.17, 15) is 9.59 Å². The number of imidazole rings is 1. The van der Waals surface area contributed by atoms with Crippen LogP contribution in [0.5, 0.6) is 0 Å². The van der Waals surface area contributed by atoms with Crippen molar-refractivity contribution in [1.82, 2.24) is 20.3 Å². The van der Waals surface area contributed by atoms with Crippen LogP contribution in [0.3, 0.4) is 0 Å². The van der Waals surface area contributed by atoms with Crippen molar-refractivity contribution in [2.45, 2.75) is 24.9 Å². The lowest BCUT2D eigenvalue weighted by atomic mass is 10.1. The predicted molar refractivity (Wildman–Crippen MR) is 100 cm³/mol. The van der Waals surface area contributed by atoms with Crippen molar-refractivity contribution >= 4 is 22.8 Å². The highest BCUT2D eigenvalue weighted by Crippen LogP contribution is 2.18. The van der Waals surface area contributed by atoms with Gasteiger partial charge in [-0.25, -0.2) is 4.98 Å². The van der Waals surface area contributed by atoms with Crippen LogP contribution >= 0.6 is 0 Å². The molecule has 3 aromatic rings. The number of carboxylic acids is 2. The number of H-pyrrole nitrogens is 2. The number of likely N-dealkylation sites (N-methyl/N-ethyl adjacent to an activating group) is 1. The Morgan fingerprint density at radius 3 is 2.52 bits per heavy atom. The lowest BCUT2D eigenvalue weighted by molar-refractivity contribution is -0.139. The first-order valence-corrected chi connectivity index (χ1v) is 8.33. The molecule has 0 amide bonds. The molecule has 0 aliphatic heterocycles. The summed E-state index contributed by atoms with van der Waals surface area (Å²) >= 11 is 0. The number of aliphatic carboxylic acids is 2. The molecule has 7 N–H and O–H groups in total. The molecule has 0 aliphatic carbocycles. The number of benzene rings is 1. The molecule has 2 unspecified atom stereocenters. The van der Waals surface area contributed by atoms with E-state index in [0.29, 0.717) is 12.8 Å². The first kappa shape index (κ1) is 20.1. The van der Waals surface area contributed by atoms with Crippen molar-refractivity contribution in [1.29, 1.82) is 0 Å². The number of carboxylic acid groups (broad SMARTS) is 2. The Hall–Kier alpha value is -3.17. The zero-order valence-electron chi connectivity index (χ0n) is 14.8. The Kier molecular flexibility index (Phi) is 7.09. The summed E-state index contributed by atoms with van der Waals surface area (Å²) in [6.45, 7) is 0. The van der Waals surface area contributed by atoms with Gasteiger partial charge in [-0.3, -0.25) is 9.59 Å². The van der Waals surface area contributed by atoms with Crippen LogP contribution in [0.1, 0.15) is 11.3 Å². The Morgan fingerprint density at radius 1 is 1.19 bits per heavy atom. The number of para-hydroxylation sites is 1. The maximum atomic E-state index is 10.6. The van der Waals surface area contributed by atoms with Crippen LogP contribution in [0, 0.1) is 0 Å². The second-order valence-electron chi connectivity index (χ2n) is 5.95. The number of rotatable bonds is 7. The highest BCUT2D eigenvalue weighted by molar-refractivity contribution is 5.84. The van der Waals surface area contributed by atoms with E-state index >= 15 is 0 Å². The number of hydrogen-bond acceptors (Lipinski definition) is 5. The van der Waals surface area contributed by atoms with Crippen LogP contribution in [0.25, 0.3) is 10.9 Å². The van der Waals surface area contributed by atoms with E-state index in [4.69, 9.17) is 15.9 Å². The second-order valence-corrected chi connectivity index (χ2v) is 5.95. The van der Waals surface area contributed by atoms with Crippen molar-refractivity contribution in [3.8, 4) is 0 Å². The normalized spacial score (nSPS) is 12.8. The van der Waals surface area contributed by atoms with Crippen molar-refractivity contribution in [3.63, 3.8) is 0 Å². The monoisotopic (exact) mass is 373 g/mol. The van der Waals surface area contributed by atoms with Crippen LogP contribution < -0.4 is 11.1 Å². The standard InChI is InChI=1S/C11H12N2O2.C7H11N3O2/c12-9(11(14)15)5-7-6-13-10-4-2-1-3-8(7)10;1-8-6(7(11)12)2-5-3-9-4-10-5/h1-4,6,9,13H,5,12H2,(H,14,15);3-4,6,8H,2H2,1H3,(H,9,10)(H,11,12). The highest BCUT2D eigenvalue weighted by atomic mass is 16.4. The number of carbonyl (C=O) groups is 2. The van der Waals surface area contributed by atoms with E-state index in [0.717, 1.165) is 22.2 Å². The molecule has 0 radical (unpaired) electrons.